The van der Waals surface area contributed by atoms with Crippen molar-refractivity contribution in [2.45, 2.75) is 56.9 Å². The van der Waals surface area contributed by atoms with Crippen LogP contribution in [0.15, 0.2) is 17.5 Å². The number of carbonyl (C=O) groups is 1. The molecule has 4 rings (SSSR count). The zero-order chi connectivity index (χ0) is 20.1. The molecular weight excluding hydrogens is 413 g/mol. The number of carbonyl (C=O) groups excluding carboxylic acids is 1. The molecule has 0 saturated carbocycles. The number of nitrogens with zero attached hydrogens (tertiary/aromatic N) is 3. The van der Waals surface area contributed by atoms with E-state index in [1.165, 1.54) is 11.3 Å². The number of hydrogen-bond acceptors (Lipinski definition) is 4. The highest BCUT2D eigenvalue weighted by atomic mass is 35.5. The predicted molar refractivity (Wildman–Crippen MR) is 102 cm³/mol. The standard InChI is InChI=1S/C18H20ClF3N4OS/c1-10-5-2-3-7-25(10)17(27)15-14(19)16-23-11(12-6-4-8-28-12)9-13(18(20,21)22)26(16)24-15/h4,6,8,10-11,13,23H,2-3,5,7,9H2,1H3/t10-,11-,13-/m1/s1. The highest BCUT2D eigenvalue weighted by molar-refractivity contribution is 7.10. The third-order valence-corrected chi connectivity index (χ3v) is 6.79. The van der Waals surface area contributed by atoms with Gasteiger partial charge >= 0.3 is 6.18 Å². The number of hydrogen-bond donors (Lipinski definition) is 1. The minimum absolute atomic E-state index is 0.0151. The normalized spacial score (nSPS) is 25.3. The summed E-state index contributed by atoms with van der Waals surface area (Å²) >= 11 is 7.77. The Balaban J connectivity index is 1.73. The first kappa shape index (κ1) is 19.6. The molecule has 2 aromatic heterocycles. The minimum atomic E-state index is -4.50. The number of amides is 1. The summed E-state index contributed by atoms with van der Waals surface area (Å²) in [6, 6.07) is 1.22. The molecule has 0 spiro atoms. The van der Waals surface area contributed by atoms with Crippen LogP contribution in [-0.4, -0.2) is 39.4 Å². The maximum atomic E-state index is 13.8. The van der Waals surface area contributed by atoms with Crippen LogP contribution in [0.25, 0.3) is 0 Å². The van der Waals surface area contributed by atoms with Gasteiger partial charge in [-0.2, -0.15) is 18.3 Å². The molecule has 0 unspecified atom stereocenters. The monoisotopic (exact) mass is 432 g/mol. The van der Waals surface area contributed by atoms with E-state index in [0.29, 0.717) is 6.54 Å². The SMILES string of the molecule is C[C@@H]1CCCCN1C(=O)c1nn2c(c1Cl)N[C@@H](c1cccs1)C[C@@H]2C(F)(F)F. The summed E-state index contributed by atoms with van der Waals surface area (Å²) in [6.45, 7) is 2.50. The van der Waals surface area contributed by atoms with E-state index < -0.39 is 24.2 Å². The number of fused-ring (bicyclic) bond motifs is 1. The largest absolute Gasteiger partial charge is 0.410 e. The van der Waals surface area contributed by atoms with Crippen LogP contribution in [-0.2, 0) is 0 Å². The molecule has 1 N–H and O–H groups in total. The quantitative estimate of drug-likeness (QED) is 0.703. The van der Waals surface area contributed by atoms with Crippen LogP contribution in [0.2, 0.25) is 5.02 Å². The van der Waals surface area contributed by atoms with E-state index in [9.17, 15) is 18.0 Å². The molecule has 0 aliphatic carbocycles. The van der Waals surface area contributed by atoms with Crippen molar-refractivity contribution < 1.29 is 18.0 Å². The topological polar surface area (TPSA) is 50.2 Å². The average molecular weight is 433 g/mol. The Hall–Kier alpha value is -1.74. The van der Waals surface area contributed by atoms with Crippen molar-refractivity contribution in [3.8, 4) is 0 Å². The molecule has 2 aromatic rings. The van der Waals surface area contributed by atoms with Crippen LogP contribution in [0.5, 0.6) is 0 Å². The molecule has 4 heterocycles. The lowest BCUT2D eigenvalue weighted by atomic mass is 10.0. The number of thiophene rings is 1. The molecular formula is C18H20ClF3N4OS. The van der Waals surface area contributed by atoms with Crippen molar-refractivity contribution in [1.29, 1.82) is 0 Å². The van der Waals surface area contributed by atoms with Gasteiger partial charge in [-0.25, -0.2) is 4.68 Å². The van der Waals surface area contributed by atoms with Gasteiger partial charge in [0.2, 0.25) is 0 Å². The van der Waals surface area contributed by atoms with Gasteiger partial charge in [-0.05, 0) is 37.6 Å². The molecule has 3 atom stereocenters. The lowest BCUT2D eigenvalue weighted by molar-refractivity contribution is -0.173. The van der Waals surface area contributed by atoms with E-state index in [4.69, 9.17) is 11.6 Å². The number of anilines is 1. The molecule has 1 fully saturated rings. The first-order valence-electron chi connectivity index (χ1n) is 9.23. The molecule has 152 valence electrons. The molecule has 0 bridgehead atoms. The summed E-state index contributed by atoms with van der Waals surface area (Å²) in [7, 11) is 0. The predicted octanol–water partition coefficient (Wildman–Crippen LogP) is 5.27. The number of aromatic nitrogens is 2. The average Bonchev–Trinajstić information content (AvgIpc) is 3.29. The van der Waals surface area contributed by atoms with Crippen LogP contribution >= 0.6 is 22.9 Å². The molecule has 2 aliphatic rings. The van der Waals surface area contributed by atoms with Crippen molar-refractivity contribution >= 4 is 34.7 Å². The Morgan fingerprint density at radius 1 is 1.39 bits per heavy atom. The van der Waals surface area contributed by atoms with Gasteiger partial charge in [-0.1, -0.05) is 17.7 Å². The second-order valence-corrected chi connectivity index (χ2v) is 8.66. The zero-order valence-corrected chi connectivity index (χ0v) is 16.7. The van der Waals surface area contributed by atoms with E-state index in [1.54, 1.807) is 17.0 Å². The van der Waals surface area contributed by atoms with Crippen molar-refractivity contribution in [2.24, 2.45) is 0 Å². The second kappa shape index (κ2) is 7.26. The van der Waals surface area contributed by atoms with Crippen molar-refractivity contribution in [3.05, 3.63) is 33.1 Å². The molecule has 0 aromatic carbocycles. The van der Waals surface area contributed by atoms with Gasteiger partial charge in [0.25, 0.3) is 5.91 Å². The van der Waals surface area contributed by atoms with E-state index in [-0.39, 0.29) is 29.0 Å². The molecule has 5 nitrogen and oxygen atoms in total. The fourth-order valence-electron chi connectivity index (χ4n) is 3.94. The first-order valence-corrected chi connectivity index (χ1v) is 10.5. The summed E-state index contributed by atoms with van der Waals surface area (Å²) in [5.74, 6) is -0.351. The second-order valence-electron chi connectivity index (χ2n) is 7.30. The van der Waals surface area contributed by atoms with Crippen LogP contribution < -0.4 is 5.32 Å². The van der Waals surface area contributed by atoms with Gasteiger partial charge in [0, 0.05) is 23.9 Å². The first-order chi connectivity index (χ1) is 13.3. The Labute approximate surface area is 169 Å². The minimum Gasteiger partial charge on any atom is -0.361 e. The number of alkyl halides is 3. The number of halogens is 4. The van der Waals surface area contributed by atoms with Gasteiger partial charge in [0.05, 0.1) is 6.04 Å². The fraction of sp³-hybridized carbons (Fsp3) is 0.556. The van der Waals surface area contributed by atoms with E-state index in [1.807, 2.05) is 12.3 Å². The summed E-state index contributed by atoms with van der Waals surface area (Å²) in [4.78, 5) is 15.4. The van der Waals surface area contributed by atoms with Crippen LogP contribution in [0.1, 0.15) is 60.1 Å². The molecule has 0 radical (unpaired) electrons. The fourth-order valence-corrected chi connectivity index (χ4v) is 4.99. The molecule has 1 saturated heterocycles. The summed E-state index contributed by atoms with van der Waals surface area (Å²) < 4.78 is 42.2. The lowest BCUT2D eigenvalue weighted by Crippen LogP contribution is -2.42. The Morgan fingerprint density at radius 2 is 2.18 bits per heavy atom. The molecule has 1 amide bonds. The maximum Gasteiger partial charge on any atom is 0.410 e. The third kappa shape index (κ3) is 3.39. The highest BCUT2D eigenvalue weighted by Gasteiger charge is 2.48. The zero-order valence-electron chi connectivity index (χ0n) is 15.2. The van der Waals surface area contributed by atoms with Crippen molar-refractivity contribution in [1.82, 2.24) is 14.7 Å². The van der Waals surface area contributed by atoms with Gasteiger partial charge in [-0.15, -0.1) is 11.3 Å². The van der Waals surface area contributed by atoms with E-state index in [2.05, 4.69) is 10.4 Å². The third-order valence-electron chi connectivity index (χ3n) is 5.45. The Kier molecular flexibility index (Phi) is 5.07. The lowest BCUT2D eigenvalue weighted by Gasteiger charge is -2.33. The number of piperidine rings is 1. The van der Waals surface area contributed by atoms with Gasteiger partial charge in [0.1, 0.15) is 10.8 Å². The van der Waals surface area contributed by atoms with Crippen molar-refractivity contribution in [3.63, 3.8) is 0 Å². The van der Waals surface area contributed by atoms with Gasteiger partial charge < -0.3 is 10.2 Å². The molecule has 2 aliphatic heterocycles. The highest BCUT2D eigenvalue weighted by Crippen LogP contribution is 2.47. The molecule has 28 heavy (non-hydrogen) atoms. The maximum absolute atomic E-state index is 13.8. The summed E-state index contributed by atoms with van der Waals surface area (Å²) in [5.41, 5.74) is -0.112. The Bertz CT molecular complexity index is 867. The Morgan fingerprint density at radius 3 is 2.82 bits per heavy atom. The molecule has 10 heteroatoms. The van der Waals surface area contributed by atoms with E-state index >= 15 is 0 Å². The van der Waals surface area contributed by atoms with Crippen LogP contribution in [0, 0.1) is 0 Å². The van der Waals surface area contributed by atoms with Crippen molar-refractivity contribution in [2.75, 3.05) is 11.9 Å². The number of nitrogens with one attached hydrogen (secondary N) is 1. The van der Waals surface area contributed by atoms with Gasteiger partial charge in [-0.3, -0.25) is 4.79 Å². The van der Waals surface area contributed by atoms with Crippen LogP contribution in [0.4, 0.5) is 19.0 Å². The van der Waals surface area contributed by atoms with Crippen LogP contribution in [0.3, 0.4) is 0 Å². The van der Waals surface area contributed by atoms with Gasteiger partial charge in [0.15, 0.2) is 11.7 Å². The summed E-state index contributed by atoms with van der Waals surface area (Å²) in [6.07, 6.45) is -1.95. The number of rotatable bonds is 2. The number of likely N-dealkylation sites (tertiary alicyclic amines) is 1. The smallest absolute Gasteiger partial charge is 0.361 e. The van der Waals surface area contributed by atoms with E-state index in [0.717, 1.165) is 28.8 Å². The summed E-state index contributed by atoms with van der Waals surface area (Å²) in [5, 5.41) is 8.88.